The Morgan fingerprint density at radius 3 is 2.65 bits per heavy atom. The largest absolute Gasteiger partial charge is 0.454 e. The molecule has 0 spiro atoms. The zero-order chi connectivity index (χ0) is 15.2. The van der Waals surface area contributed by atoms with Crippen molar-refractivity contribution in [1.29, 1.82) is 0 Å². The summed E-state index contributed by atoms with van der Waals surface area (Å²) >= 11 is 2.13. The van der Waals surface area contributed by atoms with Crippen LogP contribution in [0.25, 0.3) is 0 Å². The molecule has 1 amide bonds. The lowest BCUT2D eigenvalue weighted by molar-refractivity contribution is 0.0502. The summed E-state index contributed by atoms with van der Waals surface area (Å²) in [6.07, 6.45) is 0.459. The molecule has 20 heavy (non-hydrogen) atoms. The zero-order valence-electron chi connectivity index (χ0n) is 12.5. The Labute approximate surface area is 134 Å². The van der Waals surface area contributed by atoms with Gasteiger partial charge in [-0.25, -0.2) is 4.79 Å². The quantitative estimate of drug-likeness (QED) is 0.727. The van der Waals surface area contributed by atoms with Gasteiger partial charge in [0.05, 0.1) is 6.54 Å². The van der Waals surface area contributed by atoms with Crippen LogP contribution in [-0.2, 0) is 11.3 Å². The van der Waals surface area contributed by atoms with Crippen LogP contribution in [0.4, 0.5) is 4.79 Å². The molecule has 0 saturated carbocycles. The Morgan fingerprint density at radius 2 is 2.15 bits per heavy atom. The first-order valence-electron chi connectivity index (χ1n) is 6.74. The van der Waals surface area contributed by atoms with Gasteiger partial charge in [-0.3, -0.25) is 0 Å². The number of furan rings is 1. The molecule has 0 radical (unpaired) electrons. The minimum absolute atomic E-state index is 0.0406. The third-order valence-corrected chi connectivity index (χ3v) is 3.11. The fourth-order valence-corrected chi connectivity index (χ4v) is 2.05. The summed E-state index contributed by atoms with van der Waals surface area (Å²) in [5, 5.41) is 6.13. The third-order valence-electron chi connectivity index (χ3n) is 2.53. The highest BCUT2D eigenvalue weighted by molar-refractivity contribution is 14.1. The maximum Gasteiger partial charge on any atom is 0.407 e. The molecule has 1 atom stereocenters. The van der Waals surface area contributed by atoms with E-state index in [1.54, 1.807) is 0 Å². The smallest absolute Gasteiger partial charge is 0.407 e. The average molecular weight is 394 g/mol. The van der Waals surface area contributed by atoms with E-state index >= 15 is 0 Å². The molecule has 0 saturated heterocycles. The molecule has 0 aliphatic rings. The van der Waals surface area contributed by atoms with E-state index in [9.17, 15) is 4.79 Å². The van der Waals surface area contributed by atoms with E-state index in [1.807, 2.05) is 39.8 Å². The molecule has 1 rings (SSSR count). The maximum atomic E-state index is 11.7. The normalized spacial score (nSPS) is 13.1. The summed E-state index contributed by atoms with van der Waals surface area (Å²) in [5.74, 6) is 0.890. The van der Waals surface area contributed by atoms with Crippen molar-refractivity contribution >= 4 is 28.7 Å². The second kappa shape index (κ2) is 7.87. The lowest BCUT2D eigenvalue weighted by Crippen LogP contribution is -2.43. The van der Waals surface area contributed by atoms with E-state index in [4.69, 9.17) is 9.15 Å². The van der Waals surface area contributed by atoms with Crippen LogP contribution in [0.2, 0.25) is 0 Å². The number of alkyl carbamates (subject to hydrolysis) is 1. The van der Waals surface area contributed by atoms with E-state index in [1.165, 1.54) is 0 Å². The number of halogens is 1. The molecule has 5 nitrogen and oxygen atoms in total. The Balaban J connectivity index is 2.30. The molecule has 0 aliphatic heterocycles. The van der Waals surface area contributed by atoms with Crippen molar-refractivity contribution in [3.8, 4) is 0 Å². The molecule has 0 fully saturated rings. The second-order valence-corrected chi connectivity index (χ2v) is 6.65. The number of carbonyl (C=O) groups excluding carboxylic acids is 1. The standard InChI is InChI=1S/C14H23IN2O3/c1-5-10(17-13(18)20-14(2,3)4)8-16-9-11-6-7-12(15)19-11/h6-7,10,16H,5,8-9H2,1-4H3,(H,17,18). The van der Waals surface area contributed by atoms with Gasteiger partial charge >= 0.3 is 6.09 Å². The molecule has 1 unspecified atom stereocenters. The molecule has 1 aromatic heterocycles. The lowest BCUT2D eigenvalue weighted by atomic mass is 10.2. The van der Waals surface area contributed by atoms with Crippen molar-refractivity contribution in [2.75, 3.05) is 6.54 Å². The molecule has 114 valence electrons. The molecule has 6 heteroatoms. The van der Waals surface area contributed by atoms with Gasteiger partial charge in [0, 0.05) is 12.6 Å². The summed E-state index contributed by atoms with van der Waals surface area (Å²) in [6.45, 7) is 8.90. The van der Waals surface area contributed by atoms with Crippen molar-refractivity contribution in [2.24, 2.45) is 0 Å². The van der Waals surface area contributed by atoms with Crippen LogP contribution in [-0.4, -0.2) is 24.3 Å². The van der Waals surface area contributed by atoms with E-state index in [2.05, 4.69) is 33.2 Å². The van der Waals surface area contributed by atoms with Crippen LogP contribution in [0.1, 0.15) is 39.9 Å². The minimum atomic E-state index is -0.472. The maximum absolute atomic E-state index is 11.7. The summed E-state index contributed by atoms with van der Waals surface area (Å²) in [5.41, 5.74) is -0.472. The highest BCUT2D eigenvalue weighted by Gasteiger charge is 2.18. The Bertz CT molecular complexity index is 426. The Kier molecular flexibility index (Phi) is 6.81. The van der Waals surface area contributed by atoms with Crippen molar-refractivity contribution in [3.05, 3.63) is 21.7 Å². The molecular formula is C14H23IN2O3. The van der Waals surface area contributed by atoms with Gasteiger partial charge in [0.25, 0.3) is 0 Å². The molecule has 0 bridgehead atoms. The number of nitrogens with one attached hydrogen (secondary N) is 2. The Morgan fingerprint density at radius 1 is 1.45 bits per heavy atom. The van der Waals surface area contributed by atoms with Crippen molar-refractivity contribution in [3.63, 3.8) is 0 Å². The number of ether oxygens (including phenoxy) is 1. The fourth-order valence-electron chi connectivity index (χ4n) is 1.59. The SMILES string of the molecule is CCC(CNCc1ccc(I)o1)NC(=O)OC(C)(C)C. The van der Waals surface area contributed by atoms with Crippen LogP contribution in [0.5, 0.6) is 0 Å². The topological polar surface area (TPSA) is 63.5 Å². The van der Waals surface area contributed by atoms with Crippen molar-refractivity contribution in [1.82, 2.24) is 10.6 Å². The number of hydrogen-bond acceptors (Lipinski definition) is 4. The summed E-state index contributed by atoms with van der Waals surface area (Å²) < 4.78 is 11.6. The van der Waals surface area contributed by atoms with Gasteiger partial charge in [-0.15, -0.1) is 0 Å². The summed E-state index contributed by atoms with van der Waals surface area (Å²) in [4.78, 5) is 11.7. The molecule has 0 aliphatic carbocycles. The zero-order valence-corrected chi connectivity index (χ0v) is 14.6. The molecule has 0 aromatic carbocycles. The van der Waals surface area contributed by atoms with Gasteiger partial charge in [0.15, 0.2) is 3.77 Å². The van der Waals surface area contributed by atoms with Gasteiger partial charge in [0.2, 0.25) is 0 Å². The van der Waals surface area contributed by atoms with Crippen molar-refractivity contribution < 1.29 is 13.9 Å². The predicted octanol–water partition coefficient (Wildman–Crippen LogP) is 3.28. The number of amides is 1. The van der Waals surface area contributed by atoms with Crippen molar-refractivity contribution in [2.45, 2.75) is 52.3 Å². The summed E-state index contributed by atoms with van der Waals surface area (Å²) in [7, 11) is 0. The highest BCUT2D eigenvalue weighted by atomic mass is 127. The molecule has 1 heterocycles. The third kappa shape index (κ3) is 7.14. The molecular weight excluding hydrogens is 371 g/mol. The first-order chi connectivity index (χ1) is 9.30. The Hall–Kier alpha value is -0.760. The van der Waals surface area contributed by atoms with Gasteiger partial charge in [-0.05, 0) is 61.9 Å². The van der Waals surface area contributed by atoms with Crippen LogP contribution < -0.4 is 10.6 Å². The summed E-state index contributed by atoms with van der Waals surface area (Å²) in [6, 6.07) is 3.91. The van der Waals surface area contributed by atoms with Crippen LogP contribution in [0, 0.1) is 3.77 Å². The van der Waals surface area contributed by atoms with Gasteiger partial charge < -0.3 is 19.8 Å². The first kappa shape index (κ1) is 17.3. The number of rotatable bonds is 6. The average Bonchev–Trinajstić information content (AvgIpc) is 2.71. The van der Waals surface area contributed by atoms with E-state index in [0.29, 0.717) is 13.1 Å². The van der Waals surface area contributed by atoms with Gasteiger partial charge in [0.1, 0.15) is 11.4 Å². The molecule has 2 N–H and O–H groups in total. The monoisotopic (exact) mass is 394 g/mol. The highest BCUT2D eigenvalue weighted by Crippen LogP contribution is 2.10. The van der Waals surface area contributed by atoms with Crippen LogP contribution in [0.15, 0.2) is 16.5 Å². The number of carbonyl (C=O) groups is 1. The molecule has 1 aromatic rings. The van der Waals surface area contributed by atoms with Crippen LogP contribution >= 0.6 is 22.6 Å². The van der Waals surface area contributed by atoms with E-state index in [0.717, 1.165) is 15.9 Å². The van der Waals surface area contributed by atoms with Crippen LogP contribution in [0.3, 0.4) is 0 Å². The van der Waals surface area contributed by atoms with Gasteiger partial charge in [-0.1, -0.05) is 6.92 Å². The predicted molar refractivity (Wildman–Crippen MR) is 86.6 cm³/mol. The number of hydrogen-bond donors (Lipinski definition) is 2. The van der Waals surface area contributed by atoms with Gasteiger partial charge in [-0.2, -0.15) is 0 Å². The fraction of sp³-hybridized carbons (Fsp3) is 0.643. The second-order valence-electron chi connectivity index (χ2n) is 5.59. The van der Waals surface area contributed by atoms with E-state index in [-0.39, 0.29) is 12.1 Å². The van der Waals surface area contributed by atoms with E-state index < -0.39 is 5.60 Å². The lowest BCUT2D eigenvalue weighted by Gasteiger charge is -2.23. The minimum Gasteiger partial charge on any atom is -0.454 e. The first-order valence-corrected chi connectivity index (χ1v) is 7.82.